The molecule has 0 aromatic heterocycles. The van der Waals surface area contributed by atoms with Gasteiger partial charge in [-0.05, 0) is 6.08 Å². The monoisotopic (exact) mass is 99.1 g/mol. The minimum absolute atomic E-state index is 1.55. The van der Waals surface area contributed by atoms with Crippen molar-refractivity contribution in [2.24, 2.45) is 0 Å². The summed E-state index contributed by atoms with van der Waals surface area (Å²) in [5.41, 5.74) is 2.50. The minimum Gasteiger partial charge on any atom is -0.280 e. The maximum Gasteiger partial charge on any atom is 0.0636 e. The van der Waals surface area contributed by atoms with Gasteiger partial charge in [0, 0.05) is 6.20 Å². The van der Waals surface area contributed by atoms with E-state index in [0.29, 0.717) is 0 Å². The molecule has 0 heterocycles. The van der Waals surface area contributed by atoms with E-state index in [9.17, 15) is 0 Å². The molecule has 0 aromatic rings. The van der Waals surface area contributed by atoms with Crippen molar-refractivity contribution in [2.45, 2.75) is 0 Å². The molecule has 0 saturated heterocycles. The highest BCUT2D eigenvalue weighted by Crippen LogP contribution is 1.64. The van der Waals surface area contributed by atoms with Crippen molar-refractivity contribution in [3.8, 4) is 0 Å². The Bertz CT molecular complexity index is 68.5. The van der Waals surface area contributed by atoms with Crippen LogP contribution >= 0.6 is 0 Å². The lowest BCUT2D eigenvalue weighted by Gasteiger charge is -1.88. The maximum absolute atomic E-state index is 4.46. The topological polar surface area (TPSA) is 21.3 Å². The van der Waals surface area contributed by atoms with Crippen LogP contribution in [0.15, 0.2) is 24.9 Å². The number of hydrogen-bond acceptors (Lipinski definition) is 2. The van der Waals surface area contributed by atoms with Crippen molar-refractivity contribution in [3.63, 3.8) is 0 Å². The average Bonchev–Trinajstić information content (AvgIpc) is 1.69. The summed E-state index contributed by atoms with van der Waals surface area (Å²) in [6.45, 7) is 3.45. The van der Waals surface area contributed by atoms with Crippen molar-refractivity contribution in [2.75, 3.05) is 7.11 Å². The molecule has 0 aliphatic rings. The molecule has 0 fully saturated rings. The van der Waals surface area contributed by atoms with Crippen LogP contribution in [0.5, 0.6) is 0 Å². The molecule has 7 heavy (non-hydrogen) atoms. The summed E-state index contributed by atoms with van der Waals surface area (Å²) in [6.07, 6.45) is 5.04. The van der Waals surface area contributed by atoms with Gasteiger partial charge in [-0.1, -0.05) is 12.7 Å². The number of allylic oxidation sites excluding steroid dienone is 2. The Kier molecular flexibility index (Phi) is 4.67. The van der Waals surface area contributed by atoms with Crippen molar-refractivity contribution >= 4 is 0 Å². The van der Waals surface area contributed by atoms with Gasteiger partial charge in [0.2, 0.25) is 0 Å². The third kappa shape index (κ3) is 5.24. The highest BCUT2D eigenvalue weighted by Gasteiger charge is 1.58. The number of nitrogens with one attached hydrogen (secondary N) is 1. The standard InChI is InChI=1S/C5H9NO/c1-3-4-5-6-7-2/h3-6H,1H2,2H3/b5-4-. The first-order valence-electron chi connectivity index (χ1n) is 1.98. The Morgan fingerprint density at radius 3 is 2.86 bits per heavy atom. The van der Waals surface area contributed by atoms with Gasteiger partial charge in [-0.3, -0.25) is 10.3 Å². The van der Waals surface area contributed by atoms with Crippen LogP contribution in [0.25, 0.3) is 0 Å². The van der Waals surface area contributed by atoms with Crippen molar-refractivity contribution in [1.29, 1.82) is 0 Å². The van der Waals surface area contributed by atoms with Crippen molar-refractivity contribution in [3.05, 3.63) is 24.9 Å². The fourth-order valence-electron chi connectivity index (χ4n) is 0.175. The van der Waals surface area contributed by atoms with E-state index in [1.165, 1.54) is 0 Å². The molecule has 0 rings (SSSR count). The maximum atomic E-state index is 4.46. The van der Waals surface area contributed by atoms with E-state index >= 15 is 0 Å². The van der Waals surface area contributed by atoms with Crippen LogP contribution in [0.4, 0.5) is 0 Å². The molecule has 0 atom stereocenters. The first kappa shape index (κ1) is 6.24. The van der Waals surface area contributed by atoms with Gasteiger partial charge in [-0.2, -0.15) is 0 Å². The second-order valence-electron chi connectivity index (χ2n) is 0.917. The second kappa shape index (κ2) is 5.24. The molecule has 0 aliphatic heterocycles. The van der Waals surface area contributed by atoms with Gasteiger partial charge in [-0.25, -0.2) is 0 Å². The lowest BCUT2D eigenvalue weighted by Crippen LogP contribution is -1.99. The Balaban J connectivity index is 2.92. The van der Waals surface area contributed by atoms with Gasteiger partial charge >= 0.3 is 0 Å². The predicted octanol–water partition coefficient (Wildman–Crippen LogP) is 0.837. The highest BCUT2D eigenvalue weighted by atomic mass is 16.6. The van der Waals surface area contributed by atoms with E-state index < -0.39 is 0 Å². The SMILES string of the molecule is C=C/C=C\NOC. The molecule has 0 aliphatic carbocycles. The van der Waals surface area contributed by atoms with E-state index in [-0.39, 0.29) is 0 Å². The summed E-state index contributed by atoms with van der Waals surface area (Å²) < 4.78 is 0. The Hall–Kier alpha value is -0.760. The zero-order valence-corrected chi connectivity index (χ0v) is 4.35. The van der Waals surface area contributed by atoms with E-state index in [1.54, 1.807) is 25.5 Å². The Morgan fingerprint density at radius 2 is 2.43 bits per heavy atom. The van der Waals surface area contributed by atoms with Gasteiger partial charge in [-0.15, -0.1) is 0 Å². The molecule has 0 amide bonds. The number of hydroxylamine groups is 1. The summed E-state index contributed by atoms with van der Waals surface area (Å²) in [5, 5.41) is 0. The van der Waals surface area contributed by atoms with Crippen molar-refractivity contribution < 1.29 is 4.84 Å². The fourth-order valence-corrected chi connectivity index (χ4v) is 0.175. The molecule has 2 heteroatoms. The van der Waals surface area contributed by atoms with Gasteiger partial charge in [0.25, 0.3) is 0 Å². The third-order valence-corrected chi connectivity index (χ3v) is 0.418. The van der Waals surface area contributed by atoms with Crippen LogP contribution in [0.3, 0.4) is 0 Å². The molecule has 0 radical (unpaired) electrons. The van der Waals surface area contributed by atoms with E-state index in [2.05, 4.69) is 16.9 Å². The molecule has 1 N–H and O–H groups in total. The third-order valence-electron chi connectivity index (χ3n) is 0.418. The van der Waals surface area contributed by atoms with Gasteiger partial charge in [0.15, 0.2) is 0 Å². The zero-order chi connectivity index (χ0) is 5.54. The molecule has 0 saturated carbocycles. The number of hydrogen-bond donors (Lipinski definition) is 1. The average molecular weight is 99.1 g/mol. The summed E-state index contributed by atoms with van der Waals surface area (Å²) in [6, 6.07) is 0. The number of rotatable bonds is 3. The predicted molar refractivity (Wildman–Crippen MR) is 29.5 cm³/mol. The molecule has 40 valence electrons. The molecular weight excluding hydrogens is 90.1 g/mol. The van der Waals surface area contributed by atoms with Crippen LogP contribution in [0.2, 0.25) is 0 Å². The lowest BCUT2D eigenvalue weighted by molar-refractivity contribution is 0.128. The zero-order valence-electron chi connectivity index (χ0n) is 4.35. The molecular formula is C5H9NO. The summed E-state index contributed by atoms with van der Waals surface area (Å²) in [4.78, 5) is 4.46. The van der Waals surface area contributed by atoms with E-state index in [1.807, 2.05) is 0 Å². The fraction of sp³-hybridized carbons (Fsp3) is 0.200. The van der Waals surface area contributed by atoms with Crippen LogP contribution in [-0.2, 0) is 4.84 Å². The molecule has 0 aromatic carbocycles. The van der Waals surface area contributed by atoms with Gasteiger partial charge in [0.1, 0.15) is 0 Å². The molecule has 0 bridgehead atoms. The summed E-state index contributed by atoms with van der Waals surface area (Å²) in [7, 11) is 1.55. The van der Waals surface area contributed by atoms with Gasteiger partial charge in [0.05, 0.1) is 7.11 Å². The van der Waals surface area contributed by atoms with Crippen LogP contribution in [-0.4, -0.2) is 7.11 Å². The quantitative estimate of drug-likeness (QED) is 0.418. The van der Waals surface area contributed by atoms with Crippen LogP contribution in [0.1, 0.15) is 0 Å². The van der Waals surface area contributed by atoms with Crippen LogP contribution in [0, 0.1) is 0 Å². The molecule has 0 spiro atoms. The first-order chi connectivity index (χ1) is 3.41. The lowest BCUT2D eigenvalue weighted by atomic mass is 10.6. The van der Waals surface area contributed by atoms with Crippen LogP contribution < -0.4 is 5.48 Å². The molecule has 2 nitrogen and oxygen atoms in total. The van der Waals surface area contributed by atoms with E-state index in [4.69, 9.17) is 0 Å². The first-order valence-corrected chi connectivity index (χ1v) is 1.98. The Labute approximate surface area is 43.4 Å². The van der Waals surface area contributed by atoms with Crippen molar-refractivity contribution in [1.82, 2.24) is 5.48 Å². The summed E-state index contributed by atoms with van der Waals surface area (Å²) in [5.74, 6) is 0. The second-order valence-corrected chi connectivity index (χ2v) is 0.917. The highest BCUT2D eigenvalue weighted by molar-refractivity contribution is 4.94. The summed E-state index contributed by atoms with van der Waals surface area (Å²) >= 11 is 0. The smallest absolute Gasteiger partial charge is 0.0636 e. The van der Waals surface area contributed by atoms with Gasteiger partial charge < -0.3 is 0 Å². The largest absolute Gasteiger partial charge is 0.280 e. The molecule has 0 unspecified atom stereocenters. The van der Waals surface area contributed by atoms with E-state index in [0.717, 1.165) is 0 Å². The normalized spacial score (nSPS) is 9.29. The Morgan fingerprint density at radius 1 is 1.71 bits per heavy atom. The minimum atomic E-state index is 1.55.